The Bertz CT molecular complexity index is 1010. The fourth-order valence-corrected chi connectivity index (χ4v) is 5.07. The quantitative estimate of drug-likeness (QED) is 0.475. The molecule has 2 fully saturated rings. The van der Waals surface area contributed by atoms with Gasteiger partial charge in [-0.05, 0) is 82.2 Å². The zero-order valence-corrected chi connectivity index (χ0v) is 21.0. The Morgan fingerprint density at radius 2 is 1.47 bits per heavy atom. The molecule has 1 saturated heterocycles. The number of alkyl halides is 3. The highest BCUT2D eigenvalue weighted by Crippen LogP contribution is 2.34. The minimum absolute atomic E-state index is 0.0106. The largest absolute Gasteiger partial charge is 0.416 e. The van der Waals surface area contributed by atoms with Crippen LogP contribution in [0, 0.1) is 13.8 Å². The maximum absolute atomic E-state index is 13.2. The molecule has 5 nitrogen and oxygen atoms in total. The Morgan fingerprint density at radius 1 is 0.889 bits per heavy atom. The molecule has 1 aliphatic heterocycles. The summed E-state index contributed by atoms with van der Waals surface area (Å²) >= 11 is 0. The highest BCUT2D eigenvalue weighted by molar-refractivity contribution is 5.77. The van der Waals surface area contributed by atoms with Crippen molar-refractivity contribution in [2.75, 3.05) is 30.3 Å². The van der Waals surface area contributed by atoms with Crippen molar-refractivity contribution in [3.63, 3.8) is 0 Å². The molecule has 4 rings (SSSR count). The van der Waals surface area contributed by atoms with Crippen molar-refractivity contribution in [3.05, 3.63) is 59.2 Å². The van der Waals surface area contributed by atoms with Crippen molar-refractivity contribution in [3.8, 4) is 0 Å². The Hall–Kier alpha value is -2.74. The molecule has 2 N–H and O–H groups in total. The molecule has 1 heterocycles. The summed E-state index contributed by atoms with van der Waals surface area (Å²) in [6.07, 6.45) is 0.631. The molecule has 0 unspecified atom stereocenters. The number of hydrogen-bond donors (Lipinski definition) is 2. The van der Waals surface area contributed by atoms with E-state index in [4.69, 9.17) is 4.74 Å². The molecule has 0 atom stereocenters. The summed E-state index contributed by atoms with van der Waals surface area (Å²) in [4.78, 5) is 14.6. The van der Waals surface area contributed by atoms with E-state index < -0.39 is 11.7 Å². The van der Waals surface area contributed by atoms with Crippen molar-refractivity contribution in [1.82, 2.24) is 4.90 Å². The van der Waals surface area contributed by atoms with Gasteiger partial charge in [-0.25, -0.2) is 0 Å². The zero-order valence-electron chi connectivity index (χ0n) is 21.0. The first-order valence-corrected chi connectivity index (χ1v) is 12.8. The minimum atomic E-state index is -4.35. The number of benzene rings is 2. The molecular weight excluding hydrogens is 467 g/mol. The monoisotopic (exact) mass is 503 g/mol. The molecule has 2 aliphatic rings. The molecule has 0 spiro atoms. The minimum Gasteiger partial charge on any atom is -0.382 e. The SMILES string of the molecule is Cc1ccc(NC2CCN(C(=O)COC3CCC(Nc4ccc(C)c(C(F)(F)F)c4)CC3)CC2)cc1. The van der Waals surface area contributed by atoms with Gasteiger partial charge in [-0.15, -0.1) is 0 Å². The van der Waals surface area contributed by atoms with Gasteiger partial charge in [0.15, 0.2) is 0 Å². The van der Waals surface area contributed by atoms with Gasteiger partial charge in [-0.2, -0.15) is 13.2 Å². The summed E-state index contributed by atoms with van der Waals surface area (Å²) in [5.41, 5.74) is 2.46. The summed E-state index contributed by atoms with van der Waals surface area (Å²) in [6.45, 7) is 5.07. The fraction of sp³-hybridized carbons (Fsp3) is 0.536. The molecule has 0 aromatic heterocycles. The second-order valence-electron chi connectivity index (χ2n) is 10.1. The van der Waals surface area contributed by atoms with Crippen LogP contribution in [0.2, 0.25) is 0 Å². The lowest BCUT2D eigenvalue weighted by Crippen LogP contribution is -2.44. The van der Waals surface area contributed by atoms with E-state index in [0.29, 0.717) is 11.7 Å². The van der Waals surface area contributed by atoms with Gasteiger partial charge < -0.3 is 20.3 Å². The number of likely N-dealkylation sites (tertiary alicyclic amines) is 1. The van der Waals surface area contributed by atoms with Crippen LogP contribution < -0.4 is 10.6 Å². The number of halogens is 3. The zero-order chi connectivity index (χ0) is 25.7. The number of carbonyl (C=O) groups is 1. The Labute approximate surface area is 211 Å². The van der Waals surface area contributed by atoms with Gasteiger partial charge >= 0.3 is 6.18 Å². The van der Waals surface area contributed by atoms with Crippen LogP contribution in [0.25, 0.3) is 0 Å². The van der Waals surface area contributed by atoms with Crippen LogP contribution in [0.3, 0.4) is 0 Å². The Balaban J connectivity index is 1.15. The van der Waals surface area contributed by atoms with Crippen LogP contribution in [0.1, 0.15) is 55.2 Å². The van der Waals surface area contributed by atoms with Gasteiger partial charge in [0, 0.05) is 36.5 Å². The summed E-state index contributed by atoms with van der Waals surface area (Å²) < 4.78 is 45.5. The smallest absolute Gasteiger partial charge is 0.382 e. The molecule has 2 aromatic rings. The topological polar surface area (TPSA) is 53.6 Å². The van der Waals surface area contributed by atoms with E-state index in [9.17, 15) is 18.0 Å². The lowest BCUT2D eigenvalue weighted by molar-refractivity contribution is -0.140. The third-order valence-electron chi connectivity index (χ3n) is 7.30. The van der Waals surface area contributed by atoms with E-state index >= 15 is 0 Å². The number of nitrogens with one attached hydrogen (secondary N) is 2. The summed E-state index contributed by atoms with van der Waals surface area (Å²) in [7, 11) is 0. The number of ether oxygens (including phenoxy) is 1. The number of nitrogens with zero attached hydrogens (tertiary/aromatic N) is 1. The van der Waals surface area contributed by atoms with Crippen molar-refractivity contribution in [2.24, 2.45) is 0 Å². The van der Waals surface area contributed by atoms with Crippen molar-refractivity contribution in [2.45, 2.75) is 76.7 Å². The van der Waals surface area contributed by atoms with E-state index in [1.807, 2.05) is 4.90 Å². The molecular formula is C28H36F3N3O2. The van der Waals surface area contributed by atoms with Gasteiger partial charge in [-0.3, -0.25) is 4.79 Å². The second kappa shape index (κ2) is 11.5. The van der Waals surface area contributed by atoms with E-state index in [1.54, 1.807) is 6.07 Å². The van der Waals surface area contributed by atoms with Crippen LogP contribution in [-0.4, -0.2) is 48.7 Å². The van der Waals surface area contributed by atoms with Gasteiger partial charge in [0.2, 0.25) is 5.91 Å². The molecule has 0 radical (unpaired) electrons. The normalized spacial score (nSPS) is 21.3. The Morgan fingerprint density at radius 3 is 2.11 bits per heavy atom. The molecule has 2 aromatic carbocycles. The first kappa shape index (κ1) is 26.3. The lowest BCUT2D eigenvalue weighted by atomic mass is 9.92. The predicted octanol–water partition coefficient (Wildman–Crippen LogP) is 6.17. The van der Waals surface area contributed by atoms with Gasteiger partial charge in [0.25, 0.3) is 0 Å². The highest BCUT2D eigenvalue weighted by Gasteiger charge is 2.33. The maximum Gasteiger partial charge on any atom is 0.416 e. The van der Waals surface area contributed by atoms with Crippen molar-refractivity contribution in [1.29, 1.82) is 0 Å². The molecule has 1 aliphatic carbocycles. The maximum atomic E-state index is 13.2. The predicted molar refractivity (Wildman–Crippen MR) is 136 cm³/mol. The Kier molecular flexibility index (Phi) is 8.44. The number of hydrogen-bond acceptors (Lipinski definition) is 4. The van der Waals surface area contributed by atoms with Crippen LogP contribution in [0.5, 0.6) is 0 Å². The lowest BCUT2D eigenvalue weighted by Gasteiger charge is -2.34. The highest BCUT2D eigenvalue weighted by atomic mass is 19.4. The van der Waals surface area contributed by atoms with E-state index in [2.05, 4.69) is 41.8 Å². The average Bonchev–Trinajstić information content (AvgIpc) is 2.86. The van der Waals surface area contributed by atoms with Crippen LogP contribution in [0.4, 0.5) is 24.5 Å². The van der Waals surface area contributed by atoms with Gasteiger partial charge in [0.1, 0.15) is 6.61 Å². The third kappa shape index (κ3) is 7.15. The van der Waals surface area contributed by atoms with Crippen molar-refractivity contribution >= 4 is 17.3 Å². The fourth-order valence-electron chi connectivity index (χ4n) is 5.07. The summed E-state index contributed by atoms with van der Waals surface area (Å²) in [5, 5.41) is 6.80. The van der Waals surface area contributed by atoms with Crippen molar-refractivity contribution < 1.29 is 22.7 Å². The summed E-state index contributed by atoms with van der Waals surface area (Å²) in [5.74, 6) is 0.0309. The van der Waals surface area contributed by atoms with Crippen LogP contribution in [0.15, 0.2) is 42.5 Å². The molecule has 0 bridgehead atoms. The van der Waals surface area contributed by atoms with E-state index in [1.165, 1.54) is 24.6 Å². The summed E-state index contributed by atoms with van der Waals surface area (Å²) in [6, 6.07) is 13.2. The first-order valence-electron chi connectivity index (χ1n) is 12.8. The number of rotatable bonds is 7. The first-order chi connectivity index (χ1) is 17.2. The molecule has 1 amide bonds. The molecule has 36 heavy (non-hydrogen) atoms. The van der Waals surface area contributed by atoms with Gasteiger partial charge in [-0.1, -0.05) is 23.8 Å². The molecule has 196 valence electrons. The molecule has 1 saturated carbocycles. The van der Waals surface area contributed by atoms with Crippen LogP contribution >= 0.6 is 0 Å². The number of aryl methyl sites for hydroxylation is 2. The standard InChI is InChI=1S/C28H36F3N3O2/c1-19-3-6-21(7-4-19)32-23-13-15-34(16-14-23)27(35)18-36-25-11-9-22(10-12-25)33-24-8-5-20(2)26(17-24)28(29,30)31/h3-8,17,22-23,25,32-33H,9-16,18H2,1-2H3. The van der Waals surface area contributed by atoms with E-state index in [-0.39, 0.29) is 30.2 Å². The number of anilines is 2. The number of amides is 1. The third-order valence-corrected chi connectivity index (χ3v) is 7.30. The number of carbonyl (C=O) groups excluding carboxylic acids is 1. The average molecular weight is 504 g/mol. The van der Waals surface area contributed by atoms with Crippen LogP contribution in [-0.2, 0) is 15.7 Å². The van der Waals surface area contributed by atoms with E-state index in [0.717, 1.165) is 57.3 Å². The number of piperidine rings is 1. The second-order valence-corrected chi connectivity index (χ2v) is 10.1. The molecule has 8 heteroatoms. The van der Waals surface area contributed by atoms with Gasteiger partial charge in [0.05, 0.1) is 11.7 Å².